The second kappa shape index (κ2) is 3.87. The Morgan fingerprint density at radius 2 is 2.25 bits per heavy atom. The van der Waals surface area contributed by atoms with E-state index in [2.05, 4.69) is 4.72 Å². The molecule has 1 aliphatic rings. The fraction of sp³-hybridized carbons (Fsp3) is 0.600. The molecule has 0 spiro atoms. The highest BCUT2D eigenvalue weighted by Gasteiger charge is 2.37. The van der Waals surface area contributed by atoms with Crippen molar-refractivity contribution in [3.05, 3.63) is 17.6 Å². The van der Waals surface area contributed by atoms with Crippen LogP contribution in [0, 0.1) is 12.8 Å². The maximum Gasteiger partial charge on any atom is 0.244 e. The van der Waals surface area contributed by atoms with Gasteiger partial charge < -0.3 is 10.2 Å². The van der Waals surface area contributed by atoms with E-state index in [4.69, 9.17) is 10.2 Å². The molecule has 0 aliphatic heterocycles. The number of rotatable bonds is 4. The number of hydrogen-bond acceptors (Lipinski definition) is 4. The third-order valence-electron chi connectivity index (χ3n) is 2.83. The Morgan fingerprint density at radius 1 is 1.62 bits per heavy atom. The van der Waals surface area contributed by atoms with E-state index in [1.807, 2.05) is 6.92 Å². The van der Waals surface area contributed by atoms with Crippen LogP contribution in [0.1, 0.15) is 24.9 Å². The third kappa shape index (κ3) is 2.14. The van der Waals surface area contributed by atoms with Crippen molar-refractivity contribution in [3.8, 4) is 0 Å². The minimum absolute atomic E-state index is 0.0700. The predicted molar refractivity (Wildman–Crippen MR) is 59.2 cm³/mol. The molecule has 0 amide bonds. The van der Waals surface area contributed by atoms with Crippen LogP contribution >= 0.6 is 0 Å². The highest BCUT2D eigenvalue weighted by atomic mass is 32.2. The molecule has 2 rings (SSSR count). The molecule has 1 saturated carbocycles. The van der Waals surface area contributed by atoms with Gasteiger partial charge in [0.15, 0.2) is 0 Å². The Kier molecular flexibility index (Phi) is 2.81. The number of hydrogen-bond donors (Lipinski definition) is 2. The predicted octanol–water partition coefficient (Wildman–Crippen LogP) is 0.733. The van der Waals surface area contributed by atoms with Gasteiger partial charge in [0.1, 0.15) is 16.4 Å². The van der Waals surface area contributed by atoms with Crippen molar-refractivity contribution >= 4 is 10.0 Å². The first-order valence-electron chi connectivity index (χ1n) is 5.25. The van der Waals surface area contributed by atoms with Gasteiger partial charge in [-0.05, 0) is 19.3 Å². The van der Waals surface area contributed by atoms with Crippen LogP contribution in [0.25, 0.3) is 0 Å². The van der Waals surface area contributed by atoms with Gasteiger partial charge in [-0.3, -0.25) is 0 Å². The number of furan rings is 1. The van der Waals surface area contributed by atoms with Crippen molar-refractivity contribution in [2.75, 3.05) is 0 Å². The average Bonchev–Trinajstić information content (AvgIpc) is 2.74. The first-order chi connectivity index (χ1) is 7.44. The van der Waals surface area contributed by atoms with Gasteiger partial charge in [0.2, 0.25) is 10.0 Å². The van der Waals surface area contributed by atoms with E-state index in [9.17, 15) is 8.42 Å². The van der Waals surface area contributed by atoms with Crippen LogP contribution in [0.15, 0.2) is 15.4 Å². The monoisotopic (exact) mass is 244 g/mol. The number of nitrogens with two attached hydrogens (primary N) is 1. The van der Waals surface area contributed by atoms with Crippen molar-refractivity contribution in [2.45, 2.75) is 37.8 Å². The van der Waals surface area contributed by atoms with Crippen LogP contribution in [0.3, 0.4) is 0 Å². The summed E-state index contributed by atoms with van der Waals surface area (Å²) in [6, 6.07) is 1.56. The van der Waals surface area contributed by atoms with E-state index in [0.717, 1.165) is 6.42 Å². The molecule has 5 nitrogen and oxygen atoms in total. The van der Waals surface area contributed by atoms with E-state index >= 15 is 0 Å². The van der Waals surface area contributed by atoms with Gasteiger partial charge in [0.05, 0.1) is 6.54 Å². The minimum Gasteiger partial charge on any atom is -0.464 e. The highest BCUT2D eigenvalue weighted by Crippen LogP contribution is 2.31. The van der Waals surface area contributed by atoms with Gasteiger partial charge in [0.25, 0.3) is 0 Å². The molecule has 6 heteroatoms. The third-order valence-corrected chi connectivity index (χ3v) is 4.43. The molecule has 0 bridgehead atoms. The smallest absolute Gasteiger partial charge is 0.244 e. The van der Waals surface area contributed by atoms with Crippen molar-refractivity contribution in [3.63, 3.8) is 0 Å². The Balaban J connectivity index is 2.24. The first kappa shape index (κ1) is 11.6. The van der Waals surface area contributed by atoms with Crippen LogP contribution in [-0.4, -0.2) is 14.5 Å². The van der Waals surface area contributed by atoms with Crippen LogP contribution in [-0.2, 0) is 16.6 Å². The summed E-state index contributed by atoms with van der Waals surface area (Å²) in [5.74, 6) is 1.30. The summed E-state index contributed by atoms with van der Waals surface area (Å²) in [4.78, 5) is 0.201. The lowest BCUT2D eigenvalue weighted by molar-refractivity contribution is 0.478. The Morgan fingerprint density at radius 3 is 2.69 bits per heavy atom. The van der Waals surface area contributed by atoms with Crippen molar-refractivity contribution in [2.24, 2.45) is 11.7 Å². The fourth-order valence-electron chi connectivity index (χ4n) is 1.64. The summed E-state index contributed by atoms with van der Waals surface area (Å²) < 4.78 is 31.8. The van der Waals surface area contributed by atoms with Gasteiger partial charge in [-0.15, -0.1) is 0 Å². The van der Waals surface area contributed by atoms with Crippen LogP contribution in [0.2, 0.25) is 0 Å². The van der Waals surface area contributed by atoms with E-state index in [-0.39, 0.29) is 17.5 Å². The van der Waals surface area contributed by atoms with Gasteiger partial charge in [-0.25, -0.2) is 13.1 Å². The van der Waals surface area contributed by atoms with E-state index < -0.39 is 10.0 Å². The maximum atomic E-state index is 12.0. The number of nitrogens with one attached hydrogen (secondary N) is 1. The molecule has 2 unspecified atom stereocenters. The topological polar surface area (TPSA) is 85.3 Å². The second-order valence-electron chi connectivity index (χ2n) is 4.28. The van der Waals surface area contributed by atoms with Gasteiger partial charge in [-0.2, -0.15) is 0 Å². The minimum atomic E-state index is -3.45. The molecular formula is C10H16N2O3S. The van der Waals surface area contributed by atoms with E-state index in [1.54, 1.807) is 6.92 Å². The Labute approximate surface area is 95.1 Å². The Hall–Kier alpha value is -0.850. The summed E-state index contributed by atoms with van der Waals surface area (Å²) in [5.41, 5.74) is 5.40. The first-order valence-corrected chi connectivity index (χ1v) is 6.74. The van der Waals surface area contributed by atoms with Crippen molar-refractivity contribution in [1.29, 1.82) is 0 Å². The number of aryl methyl sites for hydroxylation is 1. The molecule has 16 heavy (non-hydrogen) atoms. The zero-order valence-electron chi connectivity index (χ0n) is 9.36. The summed E-state index contributed by atoms with van der Waals surface area (Å²) >= 11 is 0. The molecule has 1 aromatic rings. The lowest BCUT2D eigenvalue weighted by atomic mass is 10.4. The molecule has 1 aromatic heterocycles. The summed E-state index contributed by atoms with van der Waals surface area (Å²) in [7, 11) is -3.45. The summed E-state index contributed by atoms with van der Waals surface area (Å²) in [6.45, 7) is 3.85. The molecule has 1 fully saturated rings. The SMILES string of the molecule is Cc1oc(CN)cc1S(=O)(=O)NC1CC1C. The lowest BCUT2D eigenvalue weighted by Crippen LogP contribution is -2.26. The molecule has 0 radical (unpaired) electrons. The number of sulfonamides is 1. The van der Waals surface area contributed by atoms with Gasteiger partial charge >= 0.3 is 0 Å². The molecule has 90 valence electrons. The molecular weight excluding hydrogens is 228 g/mol. The molecule has 0 saturated heterocycles. The normalized spacial score (nSPS) is 24.7. The highest BCUT2D eigenvalue weighted by molar-refractivity contribution is 7.89. The molecule has 0 aromatic carbocycles. The summed E-state index contributed by atoms with van der Waals surface area (Å²) in [5, 5.41) is 0. The zero-order valence-corrected chi connectivity index (χ0v) is 10.2. The van der Waals surface area contributed by atoms with Gasteiger partial charge in [0, 0.05) is 12.1 Å². The van der Waals surface area contributed by atoms with Gasteiger partial charge in [-0.1, -0.05) is 6.92 Å². The van der Waals surface area contributed by atoms with E-state index in [1.165, 1.54) is 6.07 Å². The molecule has 1 aliphatic carbocycles. The second-order valence-corrected chi connectivity index (χ2v) is 5.96. The van der Waals surface area contributed by atoms with Crippen LogP contribution in [0.4, 0.5) is 0 Å². The zero-order chi connectivity index (χ0) is 11.9. The van der Waals surface area contributed by atoms with Crippen LogP contribution < -0.4 is 10.5 Å². The van der Waals surface area contributed by atoms with Crippen LogP contribution in [0.5, 0.6) is 0 Å². The summed E-state index contributed by atoms with van der Waals surface area (Å²) in [6.07, 6.45) is 0.903. The standard InChI is InChI=1S/C10H16N2O3S/c1-6-3-9(6)12-16(13,14)10-4-8(5-11)15-7(10)2/h4,6,9,12H,3,5,11H2,1-2H3. The quantitative estimate of drug-likeness (QED) is 0.817. The molecule has 2 atom stereocenters. The van der Waals surface area contributed by atoms with Crippen molar-refractivity contribution in [1.82, 2.24) is 4.72 Å². The largest absolute Gasteiger partial charge is 0.464 e. The van der Waals surface area contributed by atoms with Crippen molar-refractivity contribution < 1.29 is 12.8 Å². The Bertz CT molecular complexity index is 492. The molecule has 3 N–H and O–H groups in total. The van der Waals surface area contributed by atoms with E-state index in [0.29, 0.717) is 17.4 Å². The average molecular weight is 244 g/mol. The lowest BCUT2D eigenvalue weighted by Gasteiger charge is -2.03. The fourth-order valence-corrected chi connectivity index (χ4v) is 3.20. The maximum absolute atomic E-state index is 12.0. The molecule has 1 heterocycles.